The van der Waals surface area contributed by atoms with Gasteiger partial charge in [-0.3, -0.25) is 9.59 Å². The van der Waals surface area contributed by atoms with E-state index in [4.69, 9.17) is 18.9 Å². The monoisotopic (exact) mass is 588 g/mol. The fourth-order valence-corrected chi connectivity index (χ4v) is 8.23. The van der Waals surface area contributed by atoms with Gasteiger partial charge in [0.05, 0.1) is 40.8 Å². The Balaban J connectivity index is 1.84. The Morgan fingerprint density at radius 1 is 0.976 bits per heavy atom. The fraction of sp³-hybridized carbons (Fsp3) is 0.645. The van der Waals surface area contributed by atoms with E-state index in [1.54, 1.807) is 44.2 Å². The molecule has 1 aromatic rings. The highest BCUT2D eigenvalue weighted by atomic mass is 16.6. The molecule has 10 atom stereocenters. The maximum Gasteiger partial charge on any atom is 0.338 e. The molecule has 0 aromatic heterocycles. The second-order valence-corrected chi connectivity index (χ2v) is 13.0. The number of carbonyl (C=O) groups is 3. The molecule has 1 heterocycles. The van der Waals surface area contributed by atoms with E-state index in [1.807, 2.05) is 0 Å². The van der Waals surface area contributed by atoms with Crippen LogP contribution in [0.1, 0.15) is 64.7 Å². The maximum atomic E-state index is 13.6. The van der Waals surface area contributed by atoms with Crippen LogP contribution in [0.5, 0.6) is 0 Å². The first-order valence-electron chi connectivity index (χ1n) is 14.2. The average Bonchev–Trinajstić information content (AvgIpc) is 3.64. The summed E-state index contributed by atoms with van der Waals surface area (Å²) >= 11 is 0. The summed E-state index contributed by atoms with van der Waals surface area (Å²) in [5.41, 5.74) is -5.50. The van der Waals surface area contributed by atoms with Crippen molar-refractivity contribution < 1.29 is 53.8 Å². The molecule has 3 fully saturated rings. The largest absolute Gasteiger partial charge is 0.462 e. The molecule has 1 aromatic carbocycles. The van der Waals surface area contributed by atoms with E-state index in [2.05, 4.69) is 0 Å². The van der Waals surface area contributed by atoms with Crippen molar-refractivity contribution in [2.24, 2.45) is 16.7 Å². The number of esters is 3. The van der Waals surface area contributed by atoms with Crippen molar-refractivity contribution in [1.82, 2.24) is 0 Å². The highest BCUT2D eigenvalue weighted by Crippen LogP contribution is 2.68. The second-order valence-electron chi connectivity index (χ2n) is 13.0. The molecule has 1 aliphatic heterocycles. The third-order valence-corrected chi connectivity index (χ3v) is 10.2. The molecule has 42 heavy (non-hydrogen) atoms. The molecule has 3 aliphatic carbocycles. The van der Waals surface area contributed by atoms with Crippen molar-refractivity contribution in [3.05, 3.63) is 47.0 Å². The highest BCUT2D eigenvalue weighted by Gasteiger charge is 2.80. The Morgan fingerprint density at radius 2 is 1.57 bits per heavy atom. The van der Waals surface area contributed by atoms with Crippen molar-refractivity contribution in [3.8, 4) is 0 Å². The van der Waals surface area contributed by atoms with E-state index >= 15 is 0 Å². The summed E-state index contributed by atoms with van der Waals surface area (Å²) in [5.74, 6) is -3.22. The molecule has 0 amide bonds. The van der Waals surface area contributed by atoms with Crippen LogP contribution < -0.4 is 0 Å². The molecule has 11 nitrogen and oxygen atoms in total. The van der Waals surface area contributed by atoms with E-state index < -0.39 is 82.5 Å². The number of fused-ring (bicyclic) bond motifs is 3. The van der Waals surface area contributed by atoms with Gasteiger partial charge in [0.2, 0.25) is 0 Å². The van der Waals surface area contributed by atoms with Crippen LogP contribution in [0.2, 0.25) is 0 Å². The summed E-state index contributed by atoms with van der Waals surface area (Å²) in [6.07, 6.45) is -8.11. The fourth-order valence-electron chi connectivity index (χ4n) is 8.23. The SMILES string of the molecule is CC(=O)OC1CC(O)C2(CO2)C2C(OC(C)=O)C3(C(C)(C)O)CC(O)C(C)=C3C(O)C(OC(=O)c3ccccc3)C12C. The van der Waals surface area contributed by atoms with Gasteiger partial charge in [0.15, 0.2) is 0 Å². The van der Waals surface area contributed by atoms with Gasteiger partial charge in [-0.1, -0.05) is 25.1 Å². The molecular weight excluding hydrogens is 548 g/mol. The standard InChI is InChI=1S/C31H40O11/c1-15-19(34)13-30(28(4,5)38)22(15)23(36)25(42-27(37)18-10-8-7-9-11-18)29(6)21(40-16(2)32)12-20(35)31(14-39-31)24(29)26(30)41-17(3)33/h7-11,19-21,23-26,34-36,38H,12-14H2,1-6H3. The number of hydrogen-bond acceptors (Lipinski definition) is 11. The van der Waals surface area contributed by atoms with Crippen molar-refractivity contribution in [2.45, 2.75) is 102 Å². The summed E-state index contributed by atoms with van der Waals surface area (Å²) in [7, 11) is 0. The Morgan fingerprint density at radius 3 is 2.10 bits per heavy atom. The molecule has 4 aliphatic rings. The lowest BCUT2D eigenvalue weighted by atomic mass is 9.52. The van der Waals surface area contributed by atoms with Gasteiger partial charge in [-0.15, -0.1) is 0 Å². The van der Waals surface area contributed by atoms with Crippen molar-refractivity contribution >= 4 is 17.9 Å². The summed E-state index contributed by atoms with van der Waals surface area (Å²) < 4.78 is 24.0. The lowest BCUT2D eigenvalue weighted by Crippen LogP contribution is -2.69. The summed E-state index contributed by atoms with van der Waals surface area (Å²) in [6, 6.07) is 8.16. The average molecular weight is 589 g/mol. The lowest BCUT2D eigenvalue weighted by Gasteiger charge is -2.57. The predicted octanol–water partition coefficient (Wildman–Crippen LogP) is 1.44. The zero-order valence-corrected chi connectivity index (χ0v) is 24.7. The molecule has 4 N–H and O–H groups in total. The Kier molecular flexibility index (Phi) is 7.38. The first-order valence-corrected chi connectivity index (χ1v) is 14.2. The normalized spacial score (nSPS) is 41.0. The zero-order valence-electron chi connectivity index (χ0n) is 24.7. The molecule has 2 saturated carbocycles. The van der Waals surface area contributed by atoms with Crippen molar-refractivity contribution in [1.29, 1.82) is 0 Å². The number of hydrogen-bond donors (Lipinski definition) is 4. The van der Waals surface area contributed by atoms with E-state index in [0.717, 1.165) is 0 Å². The zero-order chi connectivity index (χ0) is 31.0. The van der Waals surface area contributed by atoms with Crippen LogP contribution in [0.4, 0.5) is 0 Å². The van der Waals surface area contributed by atoms with Gasteiger partial charge in [0, 0.05) is 26.2 Å². The van der Waals surface area contributed by atoms with Gasteiger partial charge >= 0.3 is 17.9 Å². The topological polar surface area (TPSA) is 172 Å². The van der Waals surface area contributed by atoms with Gasteiger partial charge in [-0.05, 0) is 50.5 Å². The van der Waals surface area contributed by atoms with Crippen LogP contribution in [-0.2, 0) is 28.5 Å². The third-order valence-electron chi connectivity index (χ3n) is 10.2. The number of aliphatic hydroxyl groups excluding tert-OH is 3. The quantitative estimate of drug-likeness (QED) is 0.170. The minimum Gasteiger partial charge on any atom is -0.462 e. The van der Waals surface area contributed by atoms with Gasteiger partial charge in [0.25, 0.3) is 0 Å². The first-order chi connectivity index (χ1) is 19.5. The minimum atomic E-state index is -1.73. The number of rotatable bonds is 5. The molecule has 10 unspecified atom stereocenters. The highest BCUT2D eigenvalue weighted by molar-refractivity contribution is 5.89. The number of ether oxygens (including phenoxy) is 4. The summed E-state index contributed by atoms with van der Waals surface area (Å²) in [6.45, 7) is 8.72. The molecule has 0 bridgehead atoms. The smallest absolute Gasteiger partial charge is 0.338 e. The molecule has 230 valence electrons. The van der Waals surface area contributed by atoms with Gasteiger partial charge in [0.1, 0.15) is 30.0 Å². The molecular formula is C31H40O11. The van der Waals surface area contributed by atoms with Gasteiger partial charge in [-0.25, -0.2) is 4.79 Å². The summed E-state index contributed by atoms with van der Waals surface area (Å²) in [4.78, 5) is 38.8. The van der Waals surface area contributed by atoms with Crippen LogP contribution in [-0.4, -0.2) is 92.8 Å². The Labute approximate surface area is 244 Å². The van der Waals surface area contributed by atoms with E-state index in [9.17, 15) is 34.8 Å². The number of aliphatic hydroxyl groups is 4. The van der Waals surface area contributed by atoms with E-state index in [1.165, 1.54) is 27.7 Å². The molecule has 5 rings (SSSR count). The summed E-state index contributed by atoms with van der Waals surface area (Å²) in [5, 5.41) is 47.0. The first kappa shape index (κ1) is 30.6. The predicted molar refractivity (Wildman–Crippen MR) is 146 cm³/mol. The number of epoxide rings is 1. The molecule has 11 heteroatoms. The number of benzene rings is 1. The lowest BCUT2D eigenvalue weighted by molar-refractivity contribution is -0.240. The Bertz CT molecular complexity index is 1300. The van der Waals surface area contributed by atoms with Crippen LogP contribution in [0, 0.1) is 16.7 Å². The van der Waals surface area contributed by atoms with Crippen molar-refractivity contribution in [2.75, 3.05) is 6.61 Å². The third kappa shape index (κ3) is 4.31. The van der Waals surface area contributed by atoms with Crippen LogP contribution >= 0.6 is 0 Å². The maximum absolute atomic E-state index is 13.6. The molecule has 1 spiro atoms. The van der Waals surface area contributed by atoms with Gasteiger partial charge < -0.3 is 39.4 Å². The molecule has 0 radical (unpaired) electrons. The van der Waals surface area contributed by atoms with Crippen molar-refractivity contribution in [3.63, 3.8) is 0 Å². The van der Waals surface area contributed by atoms with Crippen LogP contribution in [0.3, 0.4) is 0 Å². The minimum absolute atomic E-state index is 0.0386. The second kappa shape index (κ2) is 10.1. The number of carbonyl (C=O) groups excluding carboxylic acids is 3. The van der Waals surface area contributed by atoms with E-state index in [0.29, 0.717) is 5.57 Å². The van der Waals surface area contributed by atoms with E-state index in [-0.39, 0.29) is 30.6 Å². The van der Waals surface area contributed by atoms with Crippen LogP contribution in [0.15, 0.2) is 41.5 Å². The van der Waals surface area contributed by atoms with Gasteiger partial charge in [-0.2, -0.15) is 0 Å². The Hall–Kier alpha value is -2.83. The van der Waals surface area contributed by atoms with Crippen LogP contribution in [0.25, 0.3) is 0 Å². The molecule has 1 saturated heterocycles.